The predicted molar refractivity (Wildman–Crippen MR) is 70.8 cm³/mol. The van der Waals surface area contributed by atoms with Gasteiger partial charge in [0.1, 0.15) is 18.2 Å². The van der Waals surface area contributed by atoms with Crippen LogP contribution in [-0.2, 0) is 9.84 Å². The number of rotatable bonds is 7. The molecule has 4 nitrogen and oxygen atoms in total. The quantitative estimate of drug-likeness (QED) is 0.722. The third-order valence-corrected chi connectivity index (χ3v) is 4.31. The van der Waals surface area contributed by atoms with Crippen LogP contribution in [0.2, 0.25) is 0 Å². The van der Waals surface area contributed by atoms with E-state index < -0.39 is 15.7 Å². The van der Waals surface area contributed by atoms with Crippen molar-refractivity contribution in [2.24, 2.45) is 0 Å². The molecule has 0 aliphatic rings. The van der Waals surface area contributed by atoms with E-state index in [2.05, 4.69) is 0 Å². The molecule has 0 aromatic heterocycles. The van der Waals surface area contributed by atoms with E-state index in [-0.39, 0.29) is 35.2 Å². The summed E-state index contributed by atoms with van der Waals surface area (Å²) < 4.78 is 41.3. The highest BCUT2D eigenvalue weighted by Gasteiger charge is 2.13. The highest BCUT2D eigenvalue weighted by atomic mass is 32.2. The van der Waals surface area contributed by atoms with Gasteiger partial charge in [-0.15, -0.1) is 0 Å². The van der Waals surface area contributed by atoms with Gasteiger partial charge in [0.15, 0.2) is 15.6 Å². The lowest BCUT2D eigenvalue weighted by atomic mass is 10.1. The molecule has 0 saturated heterocycles. The van der Waals surface area contributed by atoms with Crippen LogP contribution in [0, 0.1) is 5.82 Å². The summed E-state index contributed by atoms with van der Waals surface area (Å²) in [5, 5.41) is 0. The molecule has 0 radical (unpaired) electrons. The summed E-state index contributed by atoms with van der Waals surface area (Å²) in [4.78, 5) is 11.3. The first-order chi connectivity index (χ1) is 8.85. The van der Waals surface area contributed by atoms with Crippen LogP contribution in [-0.4, -0.2) is 32.3 Å². The average molecular weight is 288 g/mol. The molecule has 106 valence electrons. The summed E-state index contributed by atoms with van der Waals surface area (Å²) in [5.41, 5.74) is 0.245. The van der Waals surface area contributed by atoms with Crippen LogP contribution in [0.1, 0.15) is 30.6 Å². The van der Waals surface area contributed by atoms with Crippen molar-refractivity contribution < 1.29 is 22.3 Å². The second-order valence-corrected chi connectivity index (χ2v) is 6.50. The minimum Gasteiger partial charge on any atom is -0.492 e. The molecule has 19 heavy (non-hydrogen) atoms. The van der Waals surface area contributed by atoms with E-state index in [1.807, 2.05) is 0 Å². The van der Waals surface area contributed by atoms with Crippen molar-refractivity contribution in [1.29, 1.82) is 0 Å². The summed E-state index contributed by atoms with van der Waals surface area (Å²) in [6, 6.07) is 3.58. The van der Waals surface area contributed by atoms with Crippen LogP contribution in [0.3, 0.4) is 0 Å². The Morgan fingerprint density at radius 3 is 2.58 bits per heavy atom. The molecule has 6 heteroatoms. The smallest absolute Gasteiger partial charge is 0.163 e. The van der Waals surface area contributed by atoms with E-state index in [1.54, 1.807) is 6.92 Å². The molecule has 0 aliphatic carbocycles. The maximum Gasteiger partial charge on any atom is 0.163 e. The van der Waals surface area contributed by atoms with E-state index in [1.165, 1.54) is 13.0 Å². The van der Waals surface area contributed by atoms with Gasteiger partial charge in [-0.1, -0.05) is 6.92 Å². The van der Waals surface area contributed by atoms with E-state index in [4.69, 9.17) is 4.74 Å². The van der Waals surface area contributed by atoms with E-state index in [9.17, 15) is 17.6 Å². The van der Waals surface area contributed by atoms with Crippen molar-refractivity contribution in [3.05, 3.63) is 29.6 Å². The number of hydrogen-bond donors (Lipinski definition) is 0. The summed E-state index contributed by atoms with van der Waals surface area (Å²) in [6.07, 6.45) is 0.543. The van der Waals surface area contributed by atoms with E-state index >= 15 is 0 Å². The lowest BCUT2D eigenvalue weighted by Gasteiger charge is -2.10. The zero-order valence-corrected chi connectivity index (χ0v) is 11.8. The largest absolute Gasteiger partial charge is 0.492 e. The van der Waals surface area contributed by atoms with Crippen molar-refractivity contribution in [2.45, 2.75) is 20.3 Å². The zero-order chi connectivity index (χ0) is 14.5. The Morgan fingerprint density at radius 1 is 1.32 bits per heavy atom. The van der Waals surface area contributed by atoms with Gasteiger partial charge < -0.3 is 4.74 Å². The maximum absolute atomic E-state index is 13.1. The predicted octanol–water partition coefficient (Wildman–Crippen LogP) is 2.23. The van der Waals surface area contributed by atoms with Crippen LogP contribution in [0.15, 0.2) is 18.2 Å². The number of ether oxygens (including phenoxy) is 1. The Bertz CT molecular complexity index is 552. The average Bonchev–Trinajstić information content (AvgIpc) is 2.28. The minimum atomic E-state index is -3.15. The molecule has 0 aliphatic heterocycles. The lowest BCUT2D eigenvalue weighted by Crippen LogP contribution is -2.17. The molecule has 0 saturated carbocycles. The van der Waals surface area contributed by atoms with Gasteiger partial charge in [0.2, 0.25) is 0 Å². The molecule has 0 unspecified atom stereocenters. The second kappa shape index (κ2) is 6.65. The second-order valence-electron chi connectivity index (χ2n) is 4.20. The SMILES string of the molecule is CCCS(=O)(=O)CCOc1cc(F)ccc1C(C)=O. The maximum atomic E-state index is 13.1. The van der Waals surface area contributed by atoms with Crippen molar-refractivity contribution in [1.82, 2.24) is 0 Å². The number of sulfone groups is 1. The molecule has 1 rings (SSSR count). The zero-order valence-electron chi connectivity index (χ0n) is 11.0. The molecule has 0 atom stereocenters. The fourth-order valence-electron chi connectivity index (χ4n) is 1.60. The minimum absolute atomic E-state index is 0.0826. The molecular formula is C13H17FO4S. The van der Waals surface area contributed by atoms with Gasteiger partial charge in [0, 0.05) is 6.07 Å². The van der Waals surface area contributed by atoms with Gasteiger partial charge in [-0.2, -0.15) is 0 Å². The first-order valence-corrected chi connectivity index (χ1v) is 7.81. The molecule has 1 aromatic rings. The van der Waals surface area contributed by atoms with Crippen molar-refractivity contribution in [3.8, 4) is 5.75 Å². The van der Waals surface area contributed by atoms with Gasteiger partial charge in [-0.3, -0.25) is 4.79 Å². The van der Waals surface area contributed by atoms with Crippen molar-refractivity contribution >= 4 is 15.6 Å². The topological polar surface area (TPSA) is 60.4 Å². The Balaban J connectivity index is 2.73. The number of hydrogen-bond acceptors (Lipinski definition) is 4. The normalized spacial score (nSPS) is 11.3. The van der Waals surface area contributed by atoms with E-state index in [0.717, 1.165) is 12.1 Å². The standard InChI is InChI=1S/C13H17FO4S/c1-3-7-19(16,17)8-6-18-13-9-11(14)4-5-12(13)10(2)15/h4-5,9H,3,6-8H2,1-2H3. The first-order valence-electron chi connectivity index (χ1n) is 5.99. The Kier molecular flexibility index (Phi) is 5.47. The van der Waals surface area contributed by atoms with Crippen molar-refractivity contribution in [2.75, 3.05) is 18.1 Å². The number of carbonyl (C=O) groups excluding carboxylic acids is 1. The first kappa shape index (κ1) is 15.6. The van der Waals surface area contributed by atoms with E-state index in [0.29, 0.717) is 6.42 Å². The van der Waals surface area contributed by atoms with Crippen LogP contribution < -0.4 is 4.74 Å². The molecule has 0 amide bonds. The molecule has 1 aromatic carbocycles. The summed E-state index contributed by atoms with van der Waals surface area (Å²) in [5.74, 6) is -0.754. The number of carbonyl (C=O) groups is 1. The highest BCUT2D eigenvalue weighted by molar-refractivity contribution is 7.91. The monoisotopic (exact) mass is 288 g/mol. The highest BCUT2D eigenvalue weighted by Crippen LogP contribution is 2.20. The van der Waals surface area contributed by atoms with Gasteiger partial charge in [-0.25, -0.2) is 12.8 Å². The molecule has 0 spiro atoms. The van der Waals surface area contributed by atoms with Crippen LogP contribution in [0.5, 0.6) is 5.75 Å². The Labute approximate surface area is 112 Å². The molecule has 0 bridgehead atoms. The molecular weight excluding hydrogens is 271 g/mol. The summed E-state index contributed by atoms with van der Waals surface area (Å²) in [6.45, 7) is 3.03. The third kappa shape index (κ3) is 4.98. The fourth-order valence-corrected chi connectivity index (χ4v) is 2.76. The lowest BCUT2D eigenvalue weighted by molar-refractivity contribution is 0.101. The third-order valence-electron chi connectivity index (χ3n) is 2.49. The van der Waals surface area contributed by atoms with Crippen LogP contribution in [0.25, 0.3) is 0 Å². The van der Waals surface area contributed by atoms with Gasteiger partial charge in [0.25, 0.3) is 0 Å². The number of halogens is 1. The number of Topliss-reactive ketones (excluding diaryl/α,β-unsaturated/α-hetero) is 1. The van der Waals surface area contributed by atoms with Gasteiger partial charge in [-0.05, 0) is 25.5 Å². The summed E-state index contributed by atoms with van der Waals surface area (Å²) in [7, 11) is -3.15. The Morgan fingerprint density at radius 2 is 2.00 bits per heavy atom. The summed E-state index contributed by atoms with van der Waals surface area (Å²) >= 11 is 0. The van der Waals surface area contributed by atoms with Gasteiger partial charge in [0.05, 0.1) is 17.1 Å². The molecule has 0 N–H and O–H groups in total. The van der Waals surface area contributed by atoms with Crippen molar-refractivity contribution in [3.63, 3.8) is 0 Å². The molecule has 0 heterocycles. The number of ketones is 1. The Hall–Kier alpha value is -1.43. The fraction of sp³-hybridized carbons (Fsp3) is 0.462. The van der Waals surface area contributed by atoms with Gasteiger partial charge >= 0.3 is 0 Å². The van der Waals surface area contributed by atoms with Crippen LogP contribution in [0.4, 0.5) is 4.39 Å². The van der Waals surface area contributed by atoms with Crippen LogP contribution >= 0.6 is 0 Å². The molecule has 0 fully saturated rings. The number of benzene rings is 1.